The second kappa shape index (κ2) is 4.28. The highest BCUT2D eigenvalue weighted by Crippen LogP contribution is 2.26. The number of thioether (sulfide) groups is 1. The topological polar surface area (TPSA) is 26.0 Å². The number of benzene rings is 1. The van der Waals surface area contributed by atoms with Crippen molar-refractivity contribution in [2.24, 2.45) is 5.73 Å². The lowest BCUT2D eigenvalue weighted by atomic mass is 9.94. The lowest BCUT2D eigenvalue weighted by Gasteiger charge is -2.24. The van der Waals surface area contributed by atoms with Gasteiger partial charge in [-0.2, -0.15) is 0 Å². The summed E-state index contributed by atoms with van der Waals surface area (Å²) in [6, 6.07) is 6.90. The lowest BCUT2D eigenvalue weighted by Crippen LogP contribution is -2.40. The zero-order valence-electron chi connectivity index (χ0n) is 8.13. The van der Waals surface area contributed by atoms with Crippen LogP contribution in [-0.4, -0.2) is 12.7 Å². The van der Waals surface area contributed by atoms with Crippen LogP contribution < -0.4 is 5.73 Å². The number of rotatable bonds is 3. The predicted molar refractivity (Wildman–Crippen MR) is 55.8 cm³/mol. The summed E-state index contributed by atoms with van der Waals surface area (Å²) in [4.78, 5) is 1.04. The molecular formula is C10H13F2NS. The van der Waals surface area contributed by atoms with Crippen LogP contribution in [0.1, 0.15) is 12.5 Å². The van der Waals surface area contributed by atoms with E-state index in [1.54, 1.807) is 36.0 Å². The minimum Gasteiger partial charge on any atom is -0.317 e. The lowest BCUT2D eigenvalue weighted by molar-refractivity contribution is 0.0625. The van der Waals surface area contributed by atoms with Crippen molar-refractivity contribution in [1.29, 1.82) is 0 Å². The van der Waals surface area contributed by atoms with Crippen LogP contribution in [0.25, 0.3) is 0 Å². The van der Waals surface area contributed by atoms with E-state index < -0.39 is 12.0 Å². The van der Waals surface area contributed by atoms with Crippen LogP contribution in [0.2, 0.25) is 0 Å². The Labute approximate surface area is 86.7 Å². The molecule has 1 unspecified atom stereocenters. The Morgan fingerprint density at radius 3 is 2.14 bits per heavy atom. The van der Waals surface area contributed by atoms with Crippen molar-refractivity contribution >= 4 is 11.8 Å². The van der Waals surface area contributed by atoms with Gasteiger partial charge in [0.1, 0.15) is 0 Å². The third-order valence-corrected chi connectivity index (χ3v) is 2.91. The minimum atomic E-state index is -2.55. The molecule has 14 heavy (non-hydrogen) atoms. The van der Waals surface area contributed by atoms with E-state index in [2.05, 4.69) is 0 Å². The summed E-state index contributed by atoms with van der Waals surface area (Å²) in [5, 5.41) is 0. The zero-order chi connectivity index (χ0) is 10.8. The van der Waals surface area contributed by atoms with E-state index in [4.69, 9.17) is 5.73 Å². The van der Waals surface area contributed by atoms with Crippen LogP contribution >= 0.6 is 11.8 Å². The highest BCUT2D eigenvalue weighted by atomic mass is 32.2. The first-order chi connectivity index (χ1) is 6.48. The monoisotopic (exact) mass is 217 g/mol. The summed E-state index contributed by atoms with van der Waals surface area (Å²) in [6.07, 6.45) is -0.619. The molecule has 1 atom stereocenters. The van der Waals surface area contributed by atoms with Crippen molar-refractivity contribution in [3.8, 4) is 0 Å². The highest BCUT2D eigenvalue weighted by molar-refractivity contribution is 7.98. The summed E-state index contributed by atoms with van der Waals surface area (Å²) in [5.41, 5.74) is 4.42. The number of halogens is 2. The van der Waals surface area contributed by atoms with Crippen LogP contribution in [0.5, 0.6) is 0 Å². The van der Waals surface area contributed by atoms with E-state index in [-0.39, 0.29) is 0 Å². The summed E-state index contributed by atoms with van der Waals surface area (Å²) in [5.74, 6) is 0. The second-order valence-corrected chi connectivity index (χ2v) is 4.19. The van der Waals surface area contributed by atoms with E-state index >= 15 is 0 Å². The Hall–Kier alpha value is -0.610. The molecule has 0 heterocycles. The first-order valence-corrected chi connectivity index (χ1v) is 5.42. The van der Waals surface area contributed by atoms with Gasteiger partial charge in [0, 0.05) is 4.90 Å². The summed E-state index contributed by atoms with van der Waals surface area (Å²) in [7, 11) is 0. The van der Waals surface area contributed by atoms with Crippen molar-refractivity contribution in [3.63, 3.8) is 0 Å². The third kappa shape index (κ3) is 2.25. The average Bonchev–Trinajstić information content (AvgIpc) is 2.17. The standard InChI is InChI=1S/C10H13F2NS/c1-10(13,9(11)12)7-3-5-8(14-2)6-4-7/h3-6,9H,13H2,1-2H3. The quantitative estimate of drug-likeness (QED) is 0.788. The molecule has 0 spiro atoms. The molecule has 1 rings (SSSR count). The Kier molecular flexibility index (Phi) is 3.50. The molecule has 0 saturated carbocycles. The van der Waals surface area contributed by atoms with E-state index in [1.165, 1.54) is 6.92 Å². The van der Waals surface area contributed by atoms with Gasteiger partial charge in [0.2, 0.25) is 0 Å². The van der Waals surface area contributed by atoms with Crippen LogP contribution in [0.15, 0.2) is 29.2 Å². The maximum absolute atomic E-state index is 12.6. The molecule has 78 valence electrons. The van der Waals surface area contributed by atoms with Crippen molar-refractivity contribution < 1.29 is 8.78 Å². The Morgan fingerprint density at radius 2 is 1.79 bits per heavy atom. The fourth-order valence-corrected chi connectivity index (χ4v) is 1.48. The Morgan fingerprint density at radius 1 is 1.29 bits per heavy atom. The Bertz CT molecular complexity index is 295. The van der Waals surface area contributed by atoms with Gasteiger partial charge in [-0.15, -0.1) is 11.8 Å². The molecular weight excluding hydrogens is 204 g/mol. The molecule has 0 saturated heterocycles. The van der Waals surface area contributed by atoms with E-state index in [9.17, 15) is 8.78 Å². The van der Waals surface area contributed by atoms with Crippen molar-refractivity contribution in [2.45, 2.75) is 23.8 Å². The van der Waals surface area contributed by atoms with Gasteiger partial charge in [-0.1, -0.05) is 12.1 Å². The molecule has 4 heteroatoms. The zero-order valence-corrected chi connectivity index (χ0v) is 8.94. The van der Waals surface area contributed by atoms with Crippen LogP contribution in [-0.2, 0) is 5.54 Å². The normalized spacial score (nSPS) is 15.6. The van der Waals surface area contributed by atoms with Gasteiger partial charge in [-0.3, -0.25) is 0 Å². The van der Waals surface area contributed by atoms with Crippen LogP contribution in [0, 0.1) is 0 Å². The molecule has 0 aromatic heterocycles. The van der Waals surface area contributed by atoms with Crippen molar-refractivity contribution in [3.05, 3.63) is 29.8 Å². The molecule has 0 fully saturated rings. The fourth-order valence-electron chi connectivity index (χ4n) is 1.08. The highest BCUT2D eigenvalue weighted by Gasteiger charge is 2.31. The first kappa shape index (κ1) is 11.5. The summed E-state index contributed by atoms with van der Waals surface area (Å²) >= 11 is 1.57. The van der Waals surface area contributed by atoms with Crippen molar-refractivity contribution in [2.75, 3.05) is 6.26 Å². The maximum atomic E-state index is 12.6. The average molecular weight is 217 g/mol. The second-order valence-electron chi connectivity index (χ2n) is 3.31. The molecule has 0 aliphatic heterocycles. The minimum absolute atomic E-state index is 0.463. The van der Waals surface area contributed by atoms with Gasteiger partial charge < -0.3 is 5.73 Å². The molecule has 1 nitrogen and oxygen atoms in total. The number of hydrogen-bond acceptors (Lipinski definition) is 2. The third-order valence-electron chi connectivity index (χ3n) is 2.17. The van der Waals surface area contributed by atoms with Gasteiger partial charge in [0.25, 0.3) is 6.43 Å². The Balaban J connectivity index is 2.97. The largest absolute Gasteiger partial charge is 0.317 e. The first-order valence-electron chi connectivity index (χ1n) is 4.20. The van der Waals surface area contributed by atoms with Crippen LogP contribution in [0.3, 0.4) is 0 Å². The molecule has 0 aliphatic carbocycles. The molecule has 0 amide bonds. The smallest absolute Gasteiger partial charge is 0.260 e. The van der Waals surface area contributed by atoms with Gasteiger partial charge in [-0.05, 0) is 30.9 Å². The summed E-state index contributed by atoms with van der Waals surface area (Å²) in [6.45, 7) is 1.34. The number of alkyl halides is 2. The SMILES string of the molecule is CSc1ccc(C(C)(N)C(F)F)cc1. The van der Waals surface area contributed by atoms with Gasteiger partial charge in [0.15, 0.2) is 0 Å². The molecule has 0 bridgehead atoms. The maximum Gasteiger partial charge on any atom is 0.260 e. The molecule has 0 aliphatic rings. The van der Waals surface area contributed by atoms with E-state index in [0.29, 0.717) is 5.56 Å². The number of nitrogens with two attached hydrogens (primary N) is 1. The molecule has 1 aromatic rings. The fraction of sp³-hybridized carbons (Fsp3) is 0.400. The van der Waals surface area contributed by atoms with Gasteiger partial charge in [0.05, 0.1) is 5.54 Å². The van der Waals surface area contributed by atoms with Crippen molar-refractivity contribution in [1.82, 2.24) is 0 Å². The number of hydrogen-bond donors (Lipinski definition) is 1. The van der Waals surface area contributed by atoms with E-state index in [0.717, 1.165) is 4.90 Å². The van der Waals surface area contributed by atoms with Gasteiger partial charge in [-0.25, -0.2) is 8.78 Å². The molecule has 2 N–H and O–H groups in total. The summed E-state index contributed by atoms with van der Waals surface area (Å²) < 4.78 is 25.1. The van der Waals surface area contributed by atoms with E-state index in [1.807, 2.05) is 6.26 Å². The predicted octanol–water partition coefficient (Wildman–Crippen LogP) is 2.85. The molecule has 1 aromatic carbocycles. The molecule has 0 radical (unpaired) electrons. The van der Waals surface area contributed by atoms with Gasteiger partial charge >= 0.3 is 0 Å². The van der Waals surface area contributed by atoms with Crippen LogP contribution in [0.4, 0.5) is 8.78 Å².